The predicted molar refractivity (Wildman–Crippen MR) is 187 cm³/mol. The molecule has 13 nitrogen and oxygen atoms in total. The van der Waals surface area contributed by atoms with Crippen LogP contribution in [0.4, 0.5) is 0 Å². The van der Waals surface area contributed by atoms with Crippen molar-refractivity contribution in [3.05, 3.63) is 71.3 Å². The molecule has 2 aromatic rings. The lowest BCUT2D eigenvalue weighted by molar-refractivity contribution is -0.158. The first-order valence-electron chi connectivity index (χ1n) is 17.4. The Hall–Kier alpha value is -3.88. The van der Waals surface area contributed by atoms with Gasteiger partial charge in [0, 0.05) is 26.6 Å². The van der Waals surface area contributed by atoms with E-state index in [9.17, 15) is 19.2 Å². The molecule has 0 fully saturated rings. The van der Waals surface area contributed by atoms with Gasteiger partial charge in [0.2, 0.25) is 11.8 Å². The second kappa shape index (κ2) is 28.9. The van der Waals surface area contributed by atoms with Gasteiger partial charge in [-0.25, -0.2) is 4.79 Å². The van der Waals surface area contributed by atoms with Crippen LogP contribution in [-0.2, 0) is 67.0 Å². The zero-order chi connectivity index (χ0) is 35.9. The van der Waals surface area contributed by atoms with Crippen molar-refractivity contribution in [1.82, 2.24) is 16.1 Å². The maximum atomic E-state index is 12.2. The highest BCUT2D eigenvalue weighted by atomic mass is 16.7. The van der Waals surface area contributed by atoms with Crippen molar-refractivity contribution in [2.24, 2.45) is 0 Å². The molecule has 0 atom stereocenters. The van der Waals surface area contributed by atoms with Crippen LogP contribution < -0.4 is 16.1 Å². The molecule has 0 unspecified atom stereocenters. The monoisotopic (exact) mass is 701 g/mol. The number of rotatable bonds is 29. The van der Waals surface area contributed by atoms with Gasteiger partial charge in [-0.15, -0.1) is 0 Å². The Morgan fingerprint density at radius 1 is 0.540 bits per heavy atom. The normalized spacial score (nSPS) is 10.8. The van der Waals surface area contributed by atoms with Gasteiger partial charge in [0.25, 0.3) is 5.91 Å². The number of hydroxylamine groups is 1. The molecule has 0 saturated carbocycles. The lowest BCUT2D eigenvalue weighted by Crippen LogP contribution is -2.31. The number of benzene rings is 2. The van der Waals surface area contributed by atoms with Crippen LogP contribution in [-0.4, -0.2) is 103 Å². The van der Waals surface area contributed by atoms with Crippen LogP contribution in [0.5, 0.6) is 0 Å². The quantitative estimate of drug-likeness (QED) is 0.0851. The molecule has 3 N–H and O–H groups in total. The van der Waals surface area contributed by atoms with Gasteiger partial charge in [-0.2, -0.15) is 5.48 Å². The molecule has 0 aliphatic carbocycles. The Labute approximate surface area is 296 Å². The van der Waals surface area contributed by atoms with Gasteiger partial charge in [-0.05, 0) is 55.2 Å². The number of hydrogen-bond acceptors (Lipinski definition) is 10. The molecule has 50 heavy (non-hydrogen) atoms. The summed E-state index contributed by atoms with van der Waals surface area (Å²) in [5, 5.41) is 5.39. The smallest absolute Gasteiger partial charge is 0.334 e. The zero-order valence-corrected chi connectivity index (χ0v) is 29.4. The summed E-state index contributed by atoms with van der Waals surface area (Å²) in [6.07, 6.45) is 5.70. The van der Waals surface area contributed by atoms with Crippen molar-refractivity contribution in [3.8, 4) is 0 Å². The molecule has 2 aromatic carbocycles. The fourth-order valence-electron chi connectivity index (χ4n) is 4.56. The summed E-state index contributed by atoms with van der Waals surface area (Å²) in [5.41, 5.74) is 5.56. The SMILES string of the molecule is COCCOCCOCCOCCOCC(=O)NCCCCC(=O)NCCC(=O)ONC(=O)Cc1ccc(CCCCc2ccccc2)cc1. The third kappa shape index (κ3) is 23.5. The van der Waals surface area contributed by atoms with E-state index in [0.717, 1.165) is 31.2 Å². The summed E-state index contributed by atoms with van der Waals surface area (Å²) in [6, 6.07) is 18.3. The summed E-state index contributed by atoms with van der Waals surface area (Å²) in [6.45, 7) is 4.06. The third-order valence-corrected chi connectivity index (χ3v) is 7.28. The van der Waals surface area contributed by atoms with Gasteiger partial charge in [0.15, 0.2) is 0 Å². The van der Waals surface area contributed by atoms with Crippen LogP contribution >= 0.6 is 0 Å². The van der Waals surface area contributed by atoms with Crippen LogP contribution in [0.25, 0.3) is 0 Å². The first-order valence-corrected chi connectivity index (χ1v) is 17.4. The number of methoxy groups -OCH3 is 1. The van der Waals surface area contributed by atoms with Gasteiger partial charge in [-0.1, -0.05) is 54.6 Å². The van der Waals surface area contributed by atoms with Crippen LogP contribution in [0.15, 0.2) is 54.6 Å². The van der Waals surface area contributed by atoms with Crippen molar-refractivity contribution >= 4 is 23.7 Å². The second-order valence-electron chi connectivity index (χ2n) is 11.5. The molecule has 0 radical (unpaired) electrons. The largest absolute Gasteiger partial charge is 0.382 e. The summed E-state index contributed by atoms with van der Waals surface area (Å²) in [4.78, 5) is 52.9. The highest BCUT2D eigenvalue weighted by Crippen LogP contribution is 2.11. The third-order valence-electron chi connectivity index (χ3n) is 7.28. The number of nitrogens with one attached hydrogen (secondary N) is 3. The molecule has 0 heterocycles. The number of hydrogen-bond donors (Lipinski definition) is 3. The predicted octanol–water partition coefficient (Wildman–Crippen LogP) is 2.87. The average Bonchev–Trinajstić information content (AvgIpc) is 3.12. The van der Waals surface area contributed by atoms with Crippen LogP contribution in [0.1, 0.15) is 55.2 Å². The van der Waals surface area contributed by atoms with E-state index in [1.54, 1.807) is 7.11 Å². The van der Waals surface area contributed by atoms with E-state index in [0.29, 0.717) is 72.2 Å². The molecule has 0 saturated heterocycles. The average molecular weight is 702 g/mol. The number of aryl methyl sites for hydroxylation is 2. The van der Waals surface area contributed by atoms with Crippen LogP contribution in [0.2, 0.25) is 0 Å². The summed E-state index contributed by atoms with van der Waals surface area (Å²) in [5.74, 6) is -1.53. The van der Waals surface area contributed by atoms with E-state index in [1.807, 2.05) is 30.3 Å². The minimum absolute atomic E-state index is 0.0704. The zero-order valence-electron chi connectivity index (χ0n) is 29.4. The first kappa shape index (κ1) is 42.3. The van der Waals surface area contributed by atoms with E-state index in [2.05, 4.69) is 40.4 Å². The number of unbranched alkanes of at least 4 members (excludes halogenated alkanes) is 2. The van der Waals surface area contributed by atoms with E-state index in [1.165, 1.54) is 11.1 Å². The molecule has 0 aliphatic rings. The molecular weight excluding hydrogens is 646 g/mol. The van der Waals surface area contributed by atoms with Crippen molar-refractivity contribution in [1.29, 1.82) is 0 Å². The number of ether oxygens (including phenoxy) is 5. The molecule has 0 bridgehead atoms. The van der Waals surface area contributed by atoms with Crippen molar-refractivity contribution in [2.75, 3.05) is 79.7 Å². The Kier molecular flexibility index (Phi) is 24.4. The van der Waals surface area contributed by atoms with Crippen molar-refractivity contribution in [2.45, 2.75) is 57.8 Å². The standard InChI is InChI=1S/C37H55N3O10/c1-45-21-22-46-23-24-47-25-26-48-27-28-49-30-36(43)38-19-8-7-13-34(41)39-20-18-37(44)50-40-35(42)29-33-16-14-32(15-17-33)12-6-5-11-31-9-3-2-4-10-31/h2-4,9-10,14-17H,5-8,11-13,18-30H2,1H3,(H,38,43)(H,39,41)(H,40,42). The Morgan fingerprint density at radius 2 is 1.10 bits per heavy atom. The molecule has 0 spiro atoms. The molecule has 278 valence electrons. The van der Waals surface area contributed by atoms with E-state index in [-0.39, 0.29) is 44.2 Å². The molecule has 0 aromatic heterocycles. The topological polar surface area (TPSA) is 160 Å². The molecular formula is C37H55N3O10. The van der Waals surface area contributed by atoms with E-state index < -0.39 is 11.9 Å². The second-order valence-corrected chi connectivity index (χ2v) is 11.5. The highest BCUT2D eigenvalue weighted by Gasteiger charge is 2.10. The number of amides is 3. The fraction of sp³-hybridized carbons (Fsp3) is 0.568. The van der Waals surface area contributed by atoms with Gasteiger partial charge in [0.05, 0.1) is 65.7 Å². The number of carbonyl (C=O) groups is 4. The van der Waals surface area contributed by atoms with Gasteiger partial charge < -0.3 is 39.2 Å². The highest BCUT2D eigenvalue weighted by molar-refractivity contribution is 5.80. The first-order chi connectivity index (χ1) is 24.5. The summed E-state index contributed by atoms with van der Waals surface area (Å²) >= 11 is 0. The van der Waals surface area contributed by atoms with Crippen molar-refractivity contribution in [3.63, 3.8) is 0 Å². The molecule has 13 heteroatoms. The van der Waals surface area contributed by atoms with Crippen LogP contribution in [0, 0.1) is 0 Å². The van der Waals surface area contributed by atoms with Crippen LogP contribution in [0.3, 0.4) is 0 Å². The summed E-state index contributed by atoms with van der Waals surface area (Å²) in [7, 11) is 1.62. The summed E-state index contributed by atoms with van der Waals surface area (Å²) < 4.78 is 26.2. The Balaban J connectivity index is 1.37. The number of carbonyl (C=O) groups excluding carboxylic acids is 4. The van der Waals surface area contributed by atoms with Gasteiger partial charge >= 0.3 is 5.97 Å². The van der Waals surface area contributed by atoms with E-state index >= 15 is 0 Å². The maximum Gasteiger partial charge on any atom is 0.334 e. The van der Waals surface area contributed by atoms with Gasteiger partial charge in [0.1, 0.15) is 6.61 Å². The Morgan fingerprint density at radius 3 is 1.74 bits per heavy atom. The lowest BCUT2D eigenvalue weighted by atomic mass is 10.0. The molecule has 0 aliphatic heterocycles. The minimum Gasteiger partial charge on any atom is -0.382 e. The fourth-order valence-corrected chi connectivity index (χ4v) is 4.56. The molecule has 2 rings (SSSR count). The molecule has 3 amide bonds. The maximum absolute atomic E-state index is 12.2. The Bertz CT molecular complexity index is 1200. The van der Waals surface area contributed by atoms with Crippen molar-refractivity contribution < 1.29 is 47.7 Å². The van der Waals surface area contributed by atoms with Gasteiger partial charge in [-0.3, -0.25) is 14.4 Å². The minimum atomic E-state index is -0.648. The van der Waals surface area contributed by atoms with E-state index in [4.69, 9.17) is 28.5 Å². The lowest BCUT2D eigenvalue weighted by Gasteiger charge is -2.08.